The molecule has 0 atom stereocenters. The maximum atomic E-state index is 10.3. The molecular formula is C5H11NO2. The zero-order chi connectivity index (χ0) is 9.99. The van der Waals surface area contributed by atoms with Gasteiger partial charge in [-0.1, -0.05) is 0 Å². The molecule has 0 aliphatic heterocycles. The molecule has 0 bridgehead atoms. The van der Waals surface area contributed by atoms with Crippen LogP contribution < -0.4 is 5.73 Å². The number of rotatable bonds is 4. The minimum atomic E-state index is -2.88. The zero-order valence-corrected chi connectivity index (χ0v) is 4.35. The topological polar surface area (TPSA) is 63.3 Å². The smallest absolute Gasteiger partial charge is 0.303 e. The van der Waals surface area contributed by atoms with Crippen molar-refractivity contribution in [2.24, 2.45) is 5.73 Å². The molecule has 0 radical (unpaired) electrons. The third-order valence-electron chi connectivity index (χ3n) is 0.465. The molecule has 0 saturated heterocycles. The molecule has 0 aliphatic carbocycles. The highest BCUT2D eigenvalue weighted by atomic mass is 16.4. The quantitative estimate of drug-likeness (QED) is 0.558. The van der Waals surface area contributed by atoms with Crippen LogP contribution in [0.1, 0.15) is 24.6 Å². The fourth-order valence-corrected chi connectivity index (χ4v) is 0.210. The second-order valence-electron chi connectivity index (χ2n) is 1.15. The summed E-state index contributed by atoms with van der Waals surface area (Å²) in [5.41, 5.74) is 5.01. The Bertz CT molecular complexity index is 182. The molecule has 0 saturated carbocycles. The van der Waals surface area contributed by atoms with Gasteiger partial charge in [0.25, 0.3) is 0 Å². The molecule has 3 N–H and O–H groups in total. The van der Waals surface area contributed by atoms with Crippen LogP contribution >= 0.6 is 0 Å². The first-order valence-corrected chi connectivity index (χ1v) is 2.19. The Morgan fingerprint density at radius 1 is 1.88 bits per heavy atom. The lowest BCUT2D eigenvalue weighted by atomic mass is 10.2. The van der Waals surface area contributed by atoms with Crippen LogP contribution in [-0.4, -0.2) is 17.6 Å². The van der Waals surface area contributed by atoms with E-state index < -0.39 is 18.7 Å². The predicted octanol–water partition coefficient (Wildman–Crippen LogP) is 0.200. The van der Waals surface area contributed by atoms with Crippen molar-refractivity contribution in [3.05, 3.63) is 0 Å². The molecule has 0 amide bonds. The van der Waals surface area contributed by atoms with Gasteiger partial charge in [-0.15, -0.1) is 0 Å². The Balaban J connectivity index is 4.62. The minimum absolute atomic E-state index is 0.0835. The Kier molecular flexibility index (Phi) is 1.62. The van der Waals surface area contributed by atoms with E-state index in [9.17, 15) is 4.79 Å². The lowest BCUT2D eigenvalue weighted by Crippen LogP contribution is -2.00. The van der Waals surface area contributed by atoms with Crippen molar-refractivity contribution in [3.63, 3.8) is 0 Å². The molecule has 0 aromatic carbocycles. The summed E-state index contributed by atoms with van der Waals surface area (Å²) in [5, 5.41) is 8.35. The maximum Gasteiger partial charge on any atom is 0.303 e. The van der Waals surface area contributed by atoms with E-state index in [0.717, 1.165) is 0 Å². The van der Waals surface area contributed by atoms with Crippen LogP contribution in [0.25, 0.3) is 0 Å². The third-order valence-corrected chi connectivity index (χ3v) is 0.465. The molecule has 48 valence electrons. The SMILES string of the molecule is [2H]C([2H])(CCN)C([2H])([2H])C(=O)O. The molecule has 0 aromatic heterocycles. The molecule has 0 fully saturated rings. The average Bonchev–Trinajstić information content (AvgIpc) is 1.86. The fourth-order valence-electron chi connectivity index (χ4n) is 0.210. The molecule has 0 unspecified atom stereocenters. The van der Waals surface area contributed by atoms with E-state index in [-0.39, 0.29) is 13.0 Å². The highest BCUT2D eigenvalue weighted by Crippen LogP contribution is 1.91. The number of aliphatic carboxylic acids is 1. The van der Waals surface area contributed by atoms with Crippen LogP contribution in [0.15, 0.2) is 0 Å². The second kappa shape index (κ2) is 4.59. The van der Waals surface area contributed by atoms with Gasteiger partial charge in [0, 0.05) is 11.9 Å². The van der Waals surface area contributed by atoms with E-state index in [4.69, 9.17) is 16.3 Å². The summed E-state index contributed by atoms with van der Waals surface area (Å²) >= 11 is 0. The van der Waals surface area contributed by atoms with Crippen molar-refractivity contribution < 1.29 is 15.4 Å². The average molecular weight is 121 g/mol. The Morgan fingerprint density at radius 3 is 2.88 bits per heavy atom. The number of nitrogens with two attached hydrogens (primary N) is 1. The summed E-state index contributed by atoms with van der Waals surface area (Å²) in [7, 11) is 0. The van der Waals surface area contributed by atoms with E-state index in [1.807, 2.05) is 0 Å². The van der Waals surface area contributed by atoms with Crippen LogP contribution in [0.3, 0.4) is 0 Å². The standard InChI is InChI=1S/C5H11NO2/c6-4-2-1-3-5(7)8/h1-4,6H2,(H,7,8)/i1D2,3D2. The van der Waals surface area contributed by atoms with Crippen LogP contribution in [0.4, 0.5) is 0 Å². The van der Waals surface area contributed by atoms with Gasteiger partial charge in [0.05, 0.1) is 0 Å². The molecule has 0 aromatic rings. The van der Waals surface area contributed by atoms with Gasteiger partial charge in [-0.3, -0.25) is 4.79 Å². The zero-order valence-electron chi connectivity index (χ0n) is 8.35. The van der Waals surface area contributed by atoms with Gasteiger partial charge in [-0.2, -0.15) is 0 Å². The summed E-state index contributed by atoms with van der Waals surface area (Å²) < 4.78 is 28.0. The first-order chi connectivity index (χ1) is 5.25. The van der Waals surface area contributed by atoms with Gasteiger partial charge in [0.2, 0.25) is 0 Å². The molecule has 0 aliphatic rings. The Morgan fingerprint density at radius 2 is 2.50 bits per heavy atom. The fraction of sp³-hybridized carbons (Fsp3) is 0.800. The molecule has 3 nitrogen and oxygen atoms in total. The molecule has 8 heavy (non-hydrogen) atoms. The van der Waals surface area contributed by atoms with Gasteiger partial charge >= 0.3 is 5.97 Å². The van der Waals surface area contributed by atoms with Gasteiger partial charge in [-0.25, -0.2) is 0 Å². The summed E-state index contributed by atoms with van der Waals surface area (Å²) in [4.78, 5) is 10.3. The Hall–Kier alpha value is -0.570. The van der Waals surface area contributed by atoms with Gasteiger partial charge in [-0.05, 0) is 19.3 Å². The normalized spacial score (nSPS) is 20.1. The van der Waals surface area contributed by atoms with E-state index in [1.54, 1.807) is 0 Å². The van der Waals surface area contributed by atoms with Crippen molar-refractivity contribution in [2.45, 2.75) is 19.2 Å². The summed E-state index contributed by atoms with van der Waals surface area (Å²) in [6.45, 7) is -0.0835. The lowest BCUT2D eigenvalue weighted by Gasteiger charge is -1.90. The van der Waals surface area contributed by atoms with Crippen molar-refractivity contribution in [3.8, 4) is 0 Å². The van der Waals surface area contributed by atoms with E-state index >= 15 is 0 Å². The first kappa shape index (κ1) is 2.82. The third kappa shape index (κ3) is 5.43. The largest absolute Gasteiger partial charge is 0.481 e. The maximum absolute atomic E-state index is 10.3. The minimum Gasteiger partial charge on any atom is -0.481 e. The van der Waals surface area contributed by atoms with Crippen LogP contribution in [-0.2, 0) is 4.79 Å². The van der Waals surface area contributed by atoms with E-state index in [0.29, 0.717) is 0 Å². The van der Waals surface area contributed by atoms with Gasteiger partial charge in [0.1, 0.15) is 0 Å². The molecule has 0 rings (SSSR count). The predicted molar refractivity (Wildman–Crippen MR) is 30.5 cm³/mol. The first-order valence-electron chi connectivity index (χ1n) is 4.19. The number of carboxylic acids is 1. The number of hydrogen-bond donors (Lipinski definition) is 2. The highest BCUT2D eigenvalue weighted by molar-refractivity contribution is 5.66. The molecule has 0 spiro atoms. The van der Waals surface area contributed by atoms with Crippen molar-refractivity contribution in [2.75, 3.05) is 6.54 Å². The van der Waals surface area contributed by atoms with Crippen LogP contribution in [0.5, 0.6) is 0 Å². The summed E-state index contributed by atoms with van der Waals surface area (Å²) in [5.74, 6) is -1.80. The van der Waals surface area contributed by atoms with Crippen molar-refractivity contribution in [1.82, 2.24) is 0 Å². The summed E-state index contributed by atoms with van der Waals surface area (Å²) in [6.07, 6.45) is -5.62. The number of hydrogen-bond acceptors (Lipinski definition) is 2. The number of carbonyl (C=O) groups is 1. The van der Waals surface area contributed by atoms with Gasteiger partial charge < -0.3 is 10.8 Å². The van der Waals surface area contributed by atoms with Crippen molar-refractivity contribution in [1.29, 1.82) is 0 Å². The van der Waals surface area contributed by atoms with E-state index in [2.05, 4.69) is 0 Å². The lowest BCUT2D eigenvalue weighted by molar-refractivity contribution is -0.137. The highest BCUT2D eigenvalue weighted by Gasteiger charge is 1.92. The monoisotopic (exact) mass is 121 g/mol. The molecule has 0 heterocycles. The summed E-state index contributed by atoms with van der Waals surface area (Å²) in [6, 6.07) is 0. The van der Waals surface area contributed by atoms with Crippen LogP contribution in [0.2, 0.25) is 0 Å². The Labute approximate surface area is 54.1 Å². The van der Waals surface area contributed by atoms with Crippen LogP contribution in [0, 0.1) is 0 Å². The second-order valence-corrected chi connectivity index (χ2v) is 1.15. The molecular weight excluding hydrogens is 106 g/mol. The van der Waals surface area contributed by atoms with Crippen molar-refractivity contribution >= 4 is 5.97 Å². The van der Waals surface area contributed by atoms with Gasteiger partial charge in [0.15, 0.2) is 0 Å². The number of carboxylic acid groups (broad SMARTS) is 1. The molecule has 3 heteroatoms. The van der Waals surface area contributed by atoms with E-state index in [1.165, 1.54) is 0 Å².